The molecule has 0 fully saturated rings. The van der Waals surface area contributed by atoms with Crippen LogP contribution in [0.4, 0.5) is 13.2 Å². The second-order valence-corrected chi connectivity index (χ2v) is 5.66. The normalized spacial score (nSPS) is 13.5. The van der Waals surface area contributed by atoms with Crippen LogP contribution in [0.5, 0.6) is 0 Å². The SMILES string of the molecule is CC(C)n1nnc(C(F)(F)F)c1CC(C)(C)C. The van der Waals surface area contributed by atoms with Gasteiger partial charge in [0.25, 0.3) is 0 Å². The van der Waals surface area contributed by atoms with Crippen LogP contribution in [-0.4, -0.2) is 15.0 Å². The highest BCUT2D eigenvalue weighted by Gasteiger charge is 2.39. The van der Waals surface area contributed by atoms with Gasteiger partial charge in [0, 0.05) is 6.04 Å². The Labute approximate surface area is 99.0 Å². The van der Waals surface area contributed by atoms with Gasteiger partial charge >= 0.3 is 6.18 Å². The smallest absolute Gasteiger partial charge is 0.246 e. The molecular formula is C11H18F3N3. The maximum atomic E-state index is 12.8. The average Bonchev–Trinajstić information content (AvgIpc) is 2.43. The lowest BCUT2D eigenvalue weighted by atomic mass is 9.89. The van der Waals surface area contributed by atoms with Crippen LogP contribution in [0.1, 0.15) is 52.0 Å². The molecule has 0 aliphatic heterocycles. The molecule has 0 amide bonds. The van der Waals surface area contributed by atoms with Crippen molar-refractivity contribution in [3.8, 4) is 0 Å². The standard InChI is InChI=1S/C11H18F3N3/c1-7(2)17-8(6-10(3,4)5)9(15-16-17)11(12,13)14/h7H,6H2,1-5H3. The van der Waals surface area contributed by atoms with E-state index in [2.05, 4.69) is 10.3 Å². The van der Waals surface area contributed by atoms with Crippen molar-refractivity contribution in [1.82, 2.24) is 15.0 Å². The Bertz CT molecular complexity index is 386. The van der Waals surface area contributed by atoms with E-state index in [1.807, 2.05) is 20.8 Å². The van der Waals surface area contributed by atoms with Crippen molar-refractivity contribution in [3.05, 3.63) is 11.4 Å². The van der Waals surface area contributed by atoms with Gasteiger partial charge in [-0.05, 0) is 25.7 Å². The number of alkyl halides is 3. The molecule has 0 aliphatic carbocycles. The molecule has 0 radical (unpaired) electrons. The molecule has 0 aromatic carbocycles. The van der Waals surface area contributed by atoms with Crippen LogP contribution in [0.15, 0.2) is 0 Å². The molecule has 0 spiro atoms. The number of halogens is 3. The Morgan fingerprint density at radius 1 is 1.18 bits per heavy atom. The minimum atomic E-state index is -4.44. The number of hydrogen-bond donors (Lipinski definition) is 0. The molecule has 0 atom stereocenters. The van der Waals surface area contributed by atoms with E-state index in [1.54, 1.807) is 13.8 Å². The quantitative estimate of drug-likeness (QED) is 0.803. The summed E-state index contributed by atoms with van der Waals surface area (Å²) in [5.74, 6) is 0. The van der Waals surface area contributed by atoms with Gasteiger partial charge in [-0.2, -0.15) is 13.2 Å². The van der Waals surface area contributed by atoms with Gasteiger partial charge in [-0.1, -0.05) is 26.0 Å². The highest BCUT2D eigenvalue weighted by molar-refractivity contribution is 5.16. The molecule has 0 unspecified atom stereocenters. The molecule has 0 saturated heterocycles. The Hall–Kier alpha value is -1.07. The largest absolute Gasteiger partial charge is 0.437 e. The first-order valence-corrected chi connectivity index (χ1v) is 5.53. The van der Waals surface area contributed by atoms with Crippen LogP contribution in [0.2, 0.25) is 0 Å². The fraction of sp³-hybridized carbons (Fsp3) is 0.818. The fourth-order valence-electron chi connectivity index (χ4n) is 1.62. The van der Waals surface area contributed by atoms with Crippen molar-refractivity contribution in [2.45, 2.75) is 53.3 Å². The summed E-state index contributed by atoms with van der Waals surface area (Å²) in [6, 6.07) is -0.129. The fourth-order valence-corrected chi connectivity index (χ4v) is 1.62. The van der Waals surface area contributed by atoms with Crippen molar-refractivity contribution in [1.29, 1.82) is 0 Å². The van der Waals surface area contributed by atoms with Crippen molar-refractivity contribution in [2.24, 2.45) is 5.41 Å². The van der Waals surface area contributed by atoms with Gasteiger partial charge in [0.15, 0.2) is 5.69 Å². The lowest BCUT2D eigenvalue weighted by molar-refractivity contribution is -0.142. The molecule has 0 saturated carbocycles. The molecule has 0 N–H and O–H groups in total. The van der Waals surface area contributed by atoms with Crippen LogP contribution in [0.3, 0.4) is 0 Å². The monoisotopic (exact) mass is 249 g/mol. The van der Waals surface area contributed by atoms with Gasteiger partial charge in [0.2, 0.25) is 0 Å². The molecular weight excluding hydrogens is 231 g/mol. The van der Waals surface area contributed by atoms with Gasteiger partial charge in [-0.25, -0.2) is 4.68 Å². The lowest BCUT2D eigenvalue weighted by Crippen LogP contribution is -2.19. The Morgan fingerprint density at radius 3 is 2.06 bits per heavy atom. The Balaban J connectivity index is 3.25. The zero-order chi connectivity index (χ0) is 13.4. The topological polar surface area (TPSA) is 30.7 Å². The van der Waals surface area contributed by atoms with E-state index in [0.717, 1.165) is 0 Å². The summed E-state index contributed by atoms with van der Waals surface area (Å²) < 4.78 is 39.7. The predicted molar refractivity (Wildman–Crippen MR) is 58.6 cm³/mol. The molecule has 1 rings (SSSR count). The van der Waals surface area contributed by atoms with Crippen molar-refractivity contribution < 1.29 is 13.2 Å². The van der Waals surface area contributed by atoms with Crippen LogP contribution in [-0.2, 0) is 12.6 Å². The minimum absolute atomic E-state index is 0.129. The highest BCUT2D eigenvalue weighted by atomic mass is 19.4. The molecule has 17 heavy (non-hydrogen) atoms. The molecule has 6 heteroatoms. The molecule has 3 nitrogen and oxygen atoms in total. The third kappa shape index (κ3) is 3.44. The Morgan fingerprint density at radius 2 is 1.71 bits per heavy atom. The molecule has 1 heterocycles. The van der Waals surface area contributed by atoms with E-state index in [-0.39, 0.29) is 17.2 Å². The number of rotatable bonds is 2. The molecule has 0 bridgehead atoms. The first-order chi connectivity index (χ1) is 7.52. The van der Waals surface area contributed by atoms with E-state index in [0.29, 0.717) is 6.42 Å². The summed E-state index contributed by atoms with van der Waals surface area (Å²) in [7, 11) is 0. The summed E-state index contributed by atoms with van der Waals surface area (Å²) in [5, 5.41) is 6.89. The summed E-state index contributed by atoms with van der Waals surface area (Å²) in [6.45, 7) is 9.27. The maximum Gasteiger partial charge on any atom is 0.437 e. The van der Waals surface area contributed by atoms with E-state index >= 15 is 0 Å². The zero-order valence-corrected chi connectivity index (χ0v) is 10.8. The van der Waals surface area contributed by atoms with Crippen LogP contribution >= 0.6 is 0 Å². The summed E-state index contributed by atoms with van der Waals surface area (Å²) in [6.07, 6.45) is -4.14. The van der Waals surface area contributed by atoms with Crippen LogP contribution in [0.25, 0.3) is 0 Å². The van der Waals surface area contributed by atoms with Crippen LogP contribution in [0, 0.1) is 5.41 Å². The third-order valence-electron chi connectivity index (χ3n) is 2.25. The van der Waals surface area contributed by atoms with Crippen LogP contribution < -0.4 is 0 Å². The molecule has 1 aromatic rings. The van der Waals surface area contributed by atoms with Gasteiger partial charge in [0.1, 0.15) is 0 Å². The number of aromatic nitrogens is 3. The number of hydrogen-bond acceptors (Lipinski definition) is 2. The first-order valence-electron chi connectivity index (χ1n) is 5.53. The third-order valence-corrected chi connectivity index (χ3v) is 2.25. The lowest BCUT2D eigenvalue weighted by Gasteiger charge is -2.21. The predicted octanol–water partition coefficient (Wildman–Crippen LogP) is 3.47. The summed E-state index contributed by atoms with van der Waals surface area (Å²) in [4.78, 5) is 0. The Kier molecular flexibility index (Phi) is 3.55. The van der Waals surface area contributed by atoms with E-state index in [1.165, 1.54) is 4.68 Å². The molecule has 98 valence electrons. The van der Waals surface area contributed by atoms with Crippen molar-refractivity contribution >= 4 is 0 Å². The van der Waals surface area contributed by atoms with E-state index in [9.17, 15) is 13.2 Å². The zero-order valence-electron chi connectivity index (χ0n) is 10.8. The van der Waals surface area contributed by atoms with Gasteiger partial charge in [0.05, 0.1) is 5.69 Å². The van der Waals surface area contributed by atoms with Crippen molar-refractivity contribution in [2.75, 3.05) is 0 Å². The molecule has 1 aromatic heterocycles. The molecule has 0 aliphatic rings. The summed E-state index contributed by atoms with van der Waals surface area (Å²) >= 11 is 0. The maximum absolute atomic E-state index is 12.8. The minimum Gasteiger partial charge on any atom is -0.246 e. The van der Waals surface area contributed by atoms with Gasteiger partial charge < -0.3 is 0 Å². The average molecular weight is 249 g/mol. The first kappa shape index (κ1) is 14.0. The van der Waals surface area contributed by atoms with Gasteiger partial charge in [-0.15, -0.1) is 5.10 Å². The van der Waals surface area contributed by atoms with E-state index < -0.39 is 11.9 Å². The van der Waals surface area contributed by atoms with Gasteiger partial charge in [-0.3, -0.25) is 0 Å². The number of nitrogens with zero attached hydrogens (tertiary/aromatic N) is 3. The highest BCUT2D eigenvalue weighted by Crippen LogP contribution is 2.34. The second kappa shape index (κ2) is 4.31. The second-order valence-electron chi connectivity index (χ2n) is 5.66. The van der Waals surface area contributed by atoms with E-state index in [4.69, 9.17) is 0 Å². The van der Waals surface area contributed by atoms with Crippen molar-refractivity contribution in [3.63, 3.8) is 0 Å². The summed E-state index contributed by atoms with van der Waals surface area (Å²) in [5.41, 5.74) is -0.935.